The highest BCUT2D eigenvalue weighted by molar-refractivity contribution is 9.10. The molecule has 0 radical (unpaired) electrons. The van der Waals surface area contributed by atoms with Crippen LogP contribution in [0, 0.1) is 10.1 Å². The lowest BCUT2D eigenvalue weighted by Gasteiger charge is -2.23. The Morgan fingerprint density at radius 2 is 1.97 bits per heavy atom. The molecule has 11 heteroatoms. The van der Waals surface area contributed by atoms with Gasteiger partial charge in [-0.1, -0.05) is 12.1 Å². The number of non-ortho nitro benzene ring substituents is 1. The summed E-state index contributed by atoms with van der Waals surface area (Å²) in [5.74, 6) is -0.272. The zero-order chi connectivity index (χ0) is 21.8. The Morgan fingerprint density at radius 3 is 2.52 bits per heavy atom. The number of nitro groups is 1. The first-order valence-electron chi connectivity index (χ1n) is 8.37. The molecule has 0 saturated heterocycles. The number of carbonyl (C=O) groups excluding carboxylic acids is 1. The lowest BCUT2D eigenvalue weighted by Crippen LogP contribution is -2.43. The number of hydrogen-bond donors (Lipinski definition) is 1. The average molecular weight is 483 g/mol. The van der Waals surface area contributed by atoms with E-state index < -0.39 is 26.9 Å². The quantitative estimate of drug-likeness (QED) is 0.266. The van der Waals surface area contributed by atoms with Gasteiger partial charge < -0.3 is 5.32 Å². The summed E-state index contributed by atoms with van der Waals surface area (Å²) in [7, 11) is -2.78. The molecule has 0 bridgehead atoms. The smallest absolute Gasteiger partial charge is 0.269 e. The highest BCUT2D eigenvalue weighted by atomic mass is 79.9. The van der Waals surface area contributed by atoms with Crippen LogP contribution in [0.1, 0.15) is 12.5 Å². The fourth-order valence-corrected chi connectivity index (χ4v) is 4.03. The minimum atomic E-state index is -4.04. The van der Waals surface area contributed by atoms with Gasteiger partial charge in [0.1, 0.15) is 16.5 Å². The van der Waals surface area contributed by atoms with E-state index >= 15 is 0 Å². The van der Waals surface area contributed by atoms with Crippen LogP contribution in [0.4, 0.5) is 11.5 Å². The third-order valence-electron chi connectivity index (χ3n) is 4.20. The van der Waals surface area contributed by atoms with Crippen LogP contribution in [0.25, 0.3) is 0 Å². The van der Waals surface area contributed by atoms with Crippen LogP contribution in [0.2, 0.25) is 0 Å². The maximum absolute atomic E-state index is 12.8. The molecule has 1 amide bonds. The highest BCUT2D eigenvalue weighted by Gasteiger charge is 2.30. The third-order valence-corrected chi connectivity index (χ3v) is 6.58. The van der Waals surface area contributed by atoms with Crippen molar-refractivity contribution in [3.63, 3.8) is 0 Å². The van der Waals surface area contributed by atoms with E-state index in [1.807, 2.05) is 0 Å². The normalized spacial score (nSPS) is 12.4. The number of sulfonamides is 1. The average Bonchev–Trinajstić information content (AvgIpc) is 2.68. The SMILES string of the molecule is C=CCc1ccc(Br)nc1NC(=O)[C@H](C)N(C)S(=O)(=O)c1ccc([N+](=O)[O-])cc1. The van der Waals surface area contributed by atoms with Gasteiger partial charge in [0, 0.05) is 19.2 Å². The maximum atomic E-state index is 12.8. The van der Waals surface area contributed by atoms with E-state index in [2.05, 4.69) is 32.8 Å². The van der Waals surface area contributed by atoms with E-state index in [9.17, 15) is 23.3 Å². The molecular formula is C18H19BrN4O5S. The van der Waals surface area contributed by atoms with Crippen LogP contribution in [-0.2, 0) is 21.2 Å². The fraction of sp³-hybridized carbons (Fsp3) is 0.222. The summed E-state index contributed by atoms with van der Waals surface area (Å²) in [6.07, 6.45) is 2.14. The number of benzene rings is 1. The van der Waals surface area contributed by atoms with Crippen molar-refractivity contribution in [2.45, 2.75) is 24.3 Å². The van der Waals surface area contributed by atoms with Crippen LogP contribution >= 0.6 is 15.9 Å². The molecule has 1 aromatic carbocycles. The molecule has 0 aliphatic rings. The summed E-state index contributed by atoms with van der Waals surface area (Å²) < 4.78 is 27.0. The molecule has 0 spiro atoms. The number of pyridine rings is 1. The van der Waals surface area contributed by atoms with Crippen molar-refractivity contribution in [1.82, 2.24) is 9.29 Å². The summed E-state index contributed by atoms with van der Waals surface area (Å²) in [5, 5.41) is 13.4. The first-order chi connectivity index (χ1) is 13.6. The molecule has 9 nitrogen and oxygen atoms in total. The van der Waals surface area contributed by atoms with Crippen LogP contribution in [0.3, 0.4) is 0 Å². The Morgan fingerprint density at radius 1 is 1.34 bits per heavy atom. The van der Waals surface area contributed by atoms with Gasteiger partial charge in [0.25, 0.3) is 5.69 Å². The lowest BCUT2D eigenvalue weighted by molar-refractivity contribution is -0.384. The van der Waals surface area contributed by atoms with Gasteiger partial charge in [-0.3, -0.25) is 14.9 Å². The minimum absolute atomic E-state index is 0.154. The first-order valence-corrected chi connectivity index (χ1v) is 10.6. The van der Waals surface area contributed by atoms with Gasteiger partial charge >= 0.3 is 0 Å². The number of allylic oxidation sites excluding steroid dienone is 1. The van der Waals surface area contributed by atoms with Gasteiger partial charge in [0.15, 0.2) is 0 Å². The van der Waals surface area contributed by atoms with Crippen molar-refractivity contribution in [2.24, 2.45) is 0 Å². The Labute approximate surface area is 176 Å². The van der Waals surface area contributed by atoms with Gasteiger partial charge in [-0.15, -0.1) is 6.58 Å². The Bertz CT molecular complexity index is 1040. The molecule has 154 valence electrons. The molecule has 2 rings (SSSR count). The van der Waals surface area contributed by atoms with Crippen LogP contribution in [-0.4, -0.2) is 41.6 Å². The van der Waals surface area contributed by atoms with Crippen molar-refractivity contribution in [1.29, 1.82) is 0 Å². The number of nitrogens with zero attached hydrogens (tertiary/aromatic N) is 3. The van der Waals surface area contributed by atoms with Gasteiger partial charge in [0.05, 0.1) is 9.82 Å². The monoisotopic (exact) mass is 482 g/mol. The van der Waals surface area contributed by atoms with E-state index in [0.717, 1.165) is 34.1 Å². The van der Waals surface area contributed by atoms with Crippen molar-refractivity contribution >= 4 is 43.4 Å². The largest absolute Gasteiger partial charge is 0.309 e. The number of likely N-dealkylation sites (N-methyl/N-ethyl adjacent to an activating group) is 1. The molecule has 0 aliphatic carbocycles. The first kappa shape index (κ1) is 22.7. The standard InChI is InChI=1S/C18H19BrN4O5S/c1-4-5-13-6-11-16(19)20-17(13)21-18(24)12(2)22(3)29(27,28)15-9-7-14(8-10-15)23(25)26/h4,6-12H,1,5H2,2-3H3,(H,20,21,24)/t12-/m0/s1. The molecule has 0 aliphatic heterocycles. The van der Waals surface area contributed by atoms with Crippen molar-refractivity contribution in [3.8, 4) is 0 Å². The number of halogens is 1. The zero-order valence-corrected chi connectivity index (χ0v) is 18.1. The molecule has 2 aromatic rings. The number of hydrogen-bond acceptors (Lipinski definition) is 6. The van der Waals surface area contributed by atoms with Crippen molar-refractivity contribution in [3.05, 3.63) is 69.3 Å². The van der Waals surface area contributed by atoms with E-state index in [1.165, 1.54) is 14.0 Å². The van der Waals surface area contributed by atoms with Crippen LogP contribution in [0.15, 0.2) is 58.6 Å². The molecule has 0 unspecified atom stereocenters. The van der Waals surface area contributed by atoms with Gasteiger partial charge in [-0.05, 0) is 53.0 Å². The molecule has 1 N–H and O–H groups in total. The number of nitrogens with one attached hydrogen (secondary N) is 1. The van der Waals surface area contributed by atoms with Crippen LogP contribution < -0.4 is 5.32 Å². The zero-order valence-electron chi connectivity index (χ0n) is 15.7. The molecule has 0 saturated carbocycles. The van der Waals surface area contributed by atoms with E-state index in [4.69, 9.17) is 0 Å². The number of carbonyl (C=O) groups is 1. The van der Waals surface area contributed by atoms with Crippen LogP contribution in [0.5, 0.6) is 0 Å². The Balaban J connectivity index is 2.23. The summed E-state index contributed by atoms with van der Waals surface area (Å²) in [6.45, 7) is 5.10. The topological polar surface area (TPSA) is 123 Å². The number of amides is 1. The number of anilines is 1. The predicted octanol–water partition coefficient (Wildman–Crippen LogP) is 3.13. The summed E-state index contributed by atoms with van der Waals surface area (Å²) in [4.78, 5) is 26.8. The number of rotatable bonds is 8. The summed E-state index contributed by atoms with van der Waals surface area (Å²) in [6, 6.07) is 6.89. The summed E-state index contributed by atoms with van der Waals surface area (Å²) >= 11 is 3.24. The molecule has 0 fully saturated rings. The Kier molecular flexibility index (Phi) is 7.22. The van der Waals surface area contributed by atoms with Gasteiger partial charge in [0.2, 0.25) is 15.9 Å². The maximum Gasteiger partial charge on any atom is 0.269 e. The minimum Gasteiger partial charge on any atom is -0.309 e. The molecular weight excluding hydrogens is 464 g/mol. The van der Waals surface area contributed by atoms with Gasteiger partial charge in [-0.2, -0.15) is 4.31 Å². The van der Waals surface area contributed by atoms with Crippen molar-refractivity contribution in [2.75, 3.05) is 12.4 Å². The highest BCUT2D eigenvalue weighted by Crippen LogP contribution is 2.22. The van der Waals surface area contributed by atoms with Crippen molar-refractivity contribution < 1.29 is 18.1 Å². The second-order valence-electron chi connectivity index (χ2n) is 6.07. The molecule has 1 heterocycles. The van der Waals surface area contributed by atoms with Gasteiger partial charge in [-0.25, -0.2) is 13.4 Å². The number of nitro benzene ring substituents is 1. The fourth-order valence-electron chi connectivity index (χ4n) is 2.39. The number of aromatic nitrogens is 1. The second kappa shape index (κ2) is 9.25. The third kappa shape index (κ3) is 5.25. The molecule has 1 atom stereocenters. The molecule has 1 aromatic heterocycles. The summed E-state index contributed by atoms with van der Waals surface area (Å²) in [5.41, 5.74) is 0.498. The van der Waals surface area contributed by atoms with E-state index in [0.29, 0.717) is 16.8 Å². The van der Waals surface area contributed by atoms with E-state index in [-0.39, 0.29) is 10.6 Å². The molecule has 29 heavy (non-hydrogen) atoms. The second-order valence-corrected chi connectivity index (χ2v) is 8.88. The lowest BCUT2D eigenvalue weighted by atomic mass is 10.2. The predicted molar refractivity (Wildman–Crippen MR) is 112 cm³/mol. The van der Waals surface area contributed by atoms with E-state index in [1.54, 1.807) is 18.2 Å². The Hall–Kier alpha value is -2.63.